The van der Waals surface area contributed by atoms with Gasteiger partial charge in [0.2, 0.25) is 0 Å². The smallest absolute Gasteiger partial charge is 0.182 e. The SMILES string of the molecule is CC1(C)CC(N[SH](C)(=O)c2ccc(Oc3cccc(N4CCNCC4)c3)s2)CC(C)(C)N1. The van der Waals surface area contributed by atoms with Crippen molar-refractivity contribution < 1.29 is 8.95 Å². The summed E-state index contributed by atoms with van der Waals surface area (Å²) in [6.45, 7) is 12.9. The molecule has 0 atom stereocenters. The van der Waals surface area contributed by atoms with Crippen molar-refractivity contribution in [1.29, 1.82) is 0 Å². The van der Waals surface area contributed by atoms with Crippen LogP contribution in [0.2, 0.25) is 0 Å². The van der Waals surface area contributed by atoms with Crippen molar-refractivity contribution in [2.24, 2.45) is 0 Å². The first-order valence-electron chi connectivity index (χ1n) is 11.5. The van der Waals surface area contributed by atoms with Gasteiger partial charge in [-0.05, 0) is 74.9 Å². The predicted octanol–water partition coefficient (Wildman–Crippen LogP) is 3.77. The van der Waals surface area contributed by atoms with Crippen LogP contribution in [0.25, 0.3) is 0 Å². The zero-order chi connectivity index (χ0) is 23.0. The van der Waals surface area contributed by atoms with E-state index in [1.54, 1.807) is 0 Å². The maximum atomic E-state index is 13.6. The molecule has 0 spiro atoms. The number of hydrogen-bond donors (Lipinski definition) is 4. The fraction of sp³-hybridized carbons (Fsp3) is 0.583. The van der Waals surface area contributed by atoms with E-state index in [1.807, 2.05) is 30.5 Å². The van der Waals surface area contributed by atoms with Gasteiger partial charge in [-0.15, -0.1) is 0 Å². The van der Waals surface area contributed by atoms with Crippen LogP contribution in [0.1, 0.15) is 40.5 Å². The maximum absolute atomic E-state index is 13.6. The van der Waals surface area contributed by atoms with Crippen LogP contribution in [-0.4, -0.2) is 53.8 Å². The van der Waals surface area contributed by atoms with E-state index in [0.717, 1.165) is 54.0 Å². The Hall–Kier alpha value is -1.45. The number of piperazine rings is 1. The maximum Gasteiger partial charge on any atom is 0.182 e. The fourth-order valence-electron chi connectivity index (χ4n) is 5.20. The topological polar surface area (TPSA) is 65.6 Å². The largest absolute Gasteiger partial charge is 0.447 e. The summed E-state index contributed by atoms with van der Waals surface area (Å²) in [5.41, 5.74) is 1.21. The Bertz CT molecular complexity index is 966. The van der Waals surface area contributed by atoms with E-state index >= 15 is 0 Å². The number of benzene rings is 1. The third-order valence-electron chi connectivity index (χ3n) is 6.13. The zero-order valence-electron chi connectivity index (χ0n) is 19.9. The molecule has 3 N–H and O–H groups in total. The van der Waals surface area contributed by atoms with Crippen LogP contribution < -0.4 is 25.0 Å². The van der Waals surface area contributed by atoms with Crippen molar-refractivity contribution in [1.82, 2.24) is 15.4 Å². The van der Waals surface area contributed by atoms with Gasteiger partial charge in [-0.1, -0.05) is 17.4 Å². The normalized spacial score (nSPS) is 22.0. The number of ether oxygens (including phenoxy) is 1. The Labute approximate surface area is 197 Å². The van der Waals surface area contributed by atoms with Gasteiger partial charge in [-0.3, -0.25) is 8.93 Å². The molecule has 0 aliphatic carbocycles. The molecule has 2 aliphatic heterocycles. The van der Waals surface area contributed by atoms with Gasteiger partial charge in [-0.2, -0.15) is 0 Å². The second kappa shape index (κ2) is 9.06. The number of thiol groups is 1. The van der Waals surface area contributed by atoms with Gasteiger partial charge in [-0.25, -0.2) is 0 Å². The van der Waals surface area contributed by atoms with Crippen molar-refractivity contribution in [2.45, 2.75) is 61.9 Å². The summed E-state index contributed by atoms with van der Waals surface area (Å²) in [5.74, 6) is 0.815. The Kier molecular flexibility index (Phi) is 6.71. The minimum Gasteiger partial charge on any atom is -0.447 e. The van der Waals surface area contributed by atoms with Crippen LogP contribution in [0.3, 0.4) is 0 Å². The van der Waals surface area contributed by atoms with Gasteiger partial charge >= 0.3 is 0 Å². The molecule has 1 aromatic carbocycles. The highest BCUT2D eigenvalue weighted by Gasteiger charge is 2.38. The highest BCUT2D eigenvalue weighted by atomic mass is 32.3. The highest BCUT2D eigenvalue weighted by molar-refractivity contribution is 8.02. The summed E-state index contributed by atoms with van der Waals surface area (Å²) >= 11 is 1.48. The average molecular weight is 479 g/mol. The second-order valence-electron chi connectivity index (χ2n) is 10.5. The molecule has 3 heterocycles. The summed E-state index contributed by atoms with van der Waals surface area (Å²) in [4.78, 5) is 2.37. The number of thiophene rings is 1. The summed E-state index contributed by atoms with van der Waals surface area (Å²) in [5, 5.41) is 7.85. The summed E-state index contributed by atoms with van der Waals surface area (Å²) in [6.07, 6.45) is 3.74. The molecule has 0 unspecified atom stereocenters. The monoisotopic (exact) mass is 478 g/mol. The van der Waals surface area contributed by atoms with E-state index in [-0.39, 0.29) is 17.1 Å². The van der Waals surface area contributed by atoms with Crippen molar-refractivity contribution in [3.05, 3.63) is 36.4 Å². The molecule has 2 aliphatic rings. The molecule has 8 heteroatoms. The Morgan fingerprint density at radius 2 is 1.78 bits per heavy atom. The van der Waals surface area contributed by atoms with Gasteiger partial charge in [0.15, 0.2) is 5.06 Å². The van der Waals surface area contributed by atoms with Crippen LogP contribution in [0.15, 0.2) is 40.6 Å². The minimum atomic E-state index is -2.70. The third-order valence-corrected chi connectivity index (χ3v) is 10.1. The Morgan fingerprint density at radius 1 is 1.09 bits per heavy atom. The van der Waals surface area contributed by atoms with E-state index < -0.39 is 10.1 Å². The quantitative estimate of drug-likeness (QED) is 0.476. The average Bonchev–Trinajstić information content (AvgIpc) is 3.15. The first-order valence-corrected chi connectivity index (χ1v) is 14.5. The van der Waals surface area contributed by atoms with Gasteiger partial charge in [0.1, 0.15) is 5.75 Å². The van der Waals surface area contributed by atoms with Crippen LogP contribution >= 0.6 is 11.3 Å². The predicted molar refractivity (Wildman–Crippen MR) is 137 cm³/mol. The number of hydrogen-bond acceptors (Lipinski definition) is 6. The molecular formula is C24H38N4O2S2. The van der Waals surface area contributed by atoms with E-state index in [2.05, 4.69) is 60.1 Å². The van der Waals surface area contributed by atoms with E-state index in [1.165, 1.54) is 17.0 Å². The van der Waals surface area contributed by atoms with Crippen molar-refractivity contribution in [3.63, 3.8) is 0 Å². The fourth-order valence-corrected chi connectivity index (χ4v) is 8.31. The number of piperidine rings is 1. The standard InChI is InChI=1S/C24H38N4O2S2/c1-23(2)16-18(17-24(3,4)27-23)26-32(5,29)22-10-9-21(31-22)30-20-8-6-7-19(15-20)28-13-11-25-12-14-28/h6-10,15,18,25,27,32H,11-14,16-17H2,1-5H3,(H,26,29). The minimum absolute atomic E-state index is 0.0125. The molecule has 0 bridgehead atoms. The van der Waals surface area contributed by atoms with Crippen LogP contribution in [0.4, 0.5) is 5.69 Å². The molecular weight excluding hydrogens is 440 g/mol. The molecule has 0 radical (unpaired) electrons. The zero-order valence-corrected chi connectivity index (χ0v) is 21.6. The molecule has 2 aromatic rings. The number of anilines is 1. The number of nitrogens with one attached hydrogen (secondary N) is 3. The second-order valence-corrected chi connectivity index (χ2v) is 14.4. The molecule has 0 saturated carbocycles. The first-order chi connectivity index (χ1) is 15.0. The lowest BCUT2D eigenvalue weighted by atomic mass is 9.80. The Balaban J connectivity index is 1.43. The van der Waals surface area contributed by atoms with E-state index in [0.29, 0.717) is 0 Å². The lowest BCUT2D eigenvalue weighted by molar-refractivity contribution is 0.157. The molecule has 2 fully saturated rings. The molecule has 2 saturated heterocycles. The lowest BCUT2D eigenvalue weighted by Gasteiger charge is -2.47. The van der Waals surface area contributed by atoms with Crippen LogP contribution in [-0.2, 0) is 10.1 Å². The van der Waals surface area contributed by atoms with Crippen molar-refractivity contribution in [3.8, 4) is 10.8 Å². The summed E-state index contributed by atoms with van der Waals surface area (Å²) in [7, 11) is -2.70. The molecule has 4 rings (SSSR count). The molecule has 0 amide bonds. The van der Waals surface area contributed by atoms with E-state index in [9.17, 15) is 4.21 Å². The summed E-state index contributed by atoms with van der Waals surface area (Å²) < 4.78 is 24.2. The molecule has 1 aromatic heterocycles. The molecule has 6 nitrogen and oxygen atoms in total. The number of rotatable bonds is 6. The molecule has 178 valence electrons. The van der Waals surface area contributed by atoms with Gasteiger partial charge in [0.05, 0.1) is 4.21 Å². The van der Waals surface area contributed by atoms with Gasteiger partial charge in [0.25, 0.3) is 0 Å². The summed E-state index contributed by atoms with van der Waals surface area (Å²) in [6, 6.07) is 12.3. The number of nitrogens with zero attached hydrogens (tertiary/aromatic N) is 1. The van der Waals surface area contributed by atoms with Crippen molar-refractivity contribution in [2.75, 3.05) is 37.3 Å². The first kappa shape index (κ1) is 23.7. The van der Waals surface area contributed by atoms with Crippen LogP contribution in [0, 0.1) is 0 Å². The van der Waals surface area contributed by atoms with Gasteiger partial charge < -0.3 is 20.3 Å². The lowest BCUT2D eigenvalue weighted by Crippen LogP contribution is -2.62. The van der Waals surface area contributed by atoms with Gasteiger partial charge in [0, 0.05) is 61.3 Å². The van der Waals surface area contributed by atoms with Crippen molar-refractivity contribution >= 4 is 27.1 Å². The third kappa shape index (κ3) is 5.91. The van der Waals surface area contributed by atoms with E-state index in [4.69, 9.17) is 4.74 Å². The molecule has 32 heavy (non-hydrogen) atoms. The Morgan fingerprint density at radius 3 is 2.47 bits per heavy atom. The highest BCUT2D eigenvalue weighted by Crippen LogP contribution is 2.36. The van der Waals surface area contributed by atoms with Crippen LogP contribution in [0.5, 0.6) is 10.8 Å².